The summed E-state index contributed by atoms with van der Waals surface area (Å²) in [5.74, 6) is 3.23. The third-order valence-corrected chi connectivity index (χ3v) is 10.7. The number of fused-ring (bicyclic) bond motifs is 5. The zero-order valence-corrected chi connectivity index (χ0v) is 19.7. The third kappa shape index (κ3) is 4.16. The maximum Gasteiger partial charge on any atom is 0.322 e. The fraction of sp³-hybridized carbons (Fsp3) is 0.923. The van der Waals surface area contributed by atoms with E-state index in [1.165, 1.54) is 44.9 Å². The molecule has 31 heavy (non-hydrogen) atoms. The van der Waals surface area contributed by atoms with Crippen molar-refractivity contribution in [3.8, 4) is 0 Å². The molecule has 5 heteroatoms. The Bertz CT molecular complexity index is 695. The van der Waals surface area contributed by atoms with E-state index >= 15 is 0 Å². The van der Waals surface area contributed by atoms with Crippen LogP contribution in [0.2, 0.25) is 0 Å². The van der Waals surface area contributed by atoms with E-state index in [-0.39, 0.29) is 18.6 Å². The van der Waals surface area contributed by atoms with Crippen molar-refractivity contribution < 1.29 is 19.8 Å². The Morgan fingerprint density at radius 3 is 2.45 bits per heavy atom. The number of aliphatic carboxylic acids is 1. The van der Waals surface area contributed by atoms with E-state index < -0.39 is 5.97 Å². The minimum absolute atomic E-state index is 0.0760. The van der Waals surface area contributed by atoms with E-state index in [1.54, 1.807) is 0 Å². The van der Waals surface area contributed by atoms with Crippen molar-refractivity contribution in [3.63, 3.8) is 0 Å². The molecule has 0 aliphatic heterocycles. The molecule has 0 bridgehead atoms. The van der Waals surface area contributed by atoms with Crippen LogP contribution in [0.1, 0.15) is 91.4 Å². The molecular weight excluding hydrogens is 390 g/mol. The fourth-order valence-electron chi connectivity index (χ4n) is 9.03. The van der Waals surface area contributed by atoms with E-state index in [0.29, 0.717) is 35.0 Å². The lowest BCUT2D eigenvalue weighted by Crippen LogP contribution is -2.54. The van der Waals surface area contributed by atoms with Gasteiger partial charge < -0.3 is 15.5 Å². The number of carbonyl (C=O) groups is 2. The summed E-state index contributed by atoms with van der Waals surface area (Å²) >= 11 is 0. The van der Waals surface area contributed by atoms with Gasteiger partial charge in [0.25, 0.3) is 0 Å². The number of aliphatic hydroxyl groups is 1. The summed E-state index contributed by atoms with van der Waals surface area (Å²) in [5, 5.41) is 21.5. The van der Waals surface area contributed by atoms with Gasteiger partial charge in [-0.1, -0.05) is 20.8 Å². The van der Waals surface area contributed by atoms with Crippen LogP contribution < -0.4 is 5.32 Å². The molecule has 0 heterocycles. The van der Waals surface area contributed by atoms with E-state index in [0.717, 1.165) is 37.0 Å². The summed E-state index contributed by atoms with van der Waals surface area (Å²) in [7, 11) is 0. The average Bonchev–Trinajstić information content (AvgIpc) is 3.08. The molecule has 4 aliphatic rings. The van der Waals surface area contributed by atoms with Crippen molar-refractivity contribution in [1.82, 2.24) is 5.32 Å². The second kappa shape index (κ2) is 8.68. The maximum atomic E-state index is 12.0. The molecule has 0 aromatic rings. The maximum absolute atomic E-state index is 12.0. The molecule has 3 N–H and O–H groups in total. The first-order valence-corrected chi connectivity index (χ1v) is 12.8. The fourth-order valence-corrected chi connectivity index (χ4v) is 9.03. The number of carbonyl (C=O) groups excluding carboxylic acids is 1. The highest BCUT2D eigenvalue weighted by molar-refractivity contribution is 5.81. The molecule has 0 saturated heterocycles. The highest BCUT2D eigenvalue weighted by Crippen LogP contribution is 2.68. The SMILES string of the molecule is C[C@H](CCC(=O)NCC(=O)O)[C@H]1CC[C@H]2[C@@H]3CC[C@@H]4C[C@@H](O)CC[C@]4(C)[C@H]3CC[C@]12C. The van der Waals surface area contributed by atoms with Gasteiger partial charge in [-0.25, -0.2) is 0 Å². The Hall–Kier alpha value is -1.10. The molecule has 4 fully saturated rings. The van der Waals surface area contributed by atoms with Gasteiger partial charge in [-0.15, -0.1) is 0 Å². The highest BCUT2D eigenvalue weighted by Gasteiger charge is 2.60. The van der Waals surface area contributed by atoms with Gasteiger partial charge in [0.2, 0.25) is 5.91 Å². The molecule has 0 radical (unpaired) electrons. The Morgan fingerprint density at radius 2 is 1.71 bits per heavy atom. The van der Waals surface area contributed by atoms with E-state index in [1.807, 2.05) is 0 Å². The van der Waals surface area contributed by atoms with Gasteiger partial charge in [-0.3, -0.25) is 9.59 Å². The quantitative estimate of drug-likeness (QED) is 0.570. The number of nitrogens with one attached hydrogen (secondary N) is 1. The van der Waals surface area contributed by atoms with Crippen LogP contribution >= 0.6 is 0 Å². The Labute approximate surface area is 187 Å². The van der Waals surface area contributed by atoms with E-state index in [9.17, 15) is 14.7 Å². The molecule has 5 nitrogen and oxygen atoms in total. The van der Waals surface area contributed by atoms with Crippen molar-refractivity contribution in [2.24, 2.45) is 46.3 Å². The molecule has 176 valence electrons. The van der Waals surface area contributed by atoms with Gasteiger partial charge in [0.15, 0.2) is 0 Å². The van der Waals surface area contributed by atoms with Crippen molar-refractivity contribution in [1.29, 1.82) is 0 Å². The van der Waals surface area contributed by atoms with Gasteiger partial charge >= 0.3 is 5.97 Å². The largest absolute Gasteiger partial charge is 0.480 e. The zero-order chi connectivity index (χ0) is 22.4. The van der Waals surface area contributed by atoms with Crippen LogP contribution in [0.15, 0.2) is 0 Å². The predicted octanol–water partition coefficient (Wildman–Crippen LogP) is 4.62. The smallest absolute Gasteiger partial charge is 0.322 e. The summed E-state index contributed by atoms with van der Waals surface area (Å²) in [4.78, 5) is 22.7. The molecule has 0 aromatic carbocycles. The third-order valence-electron chi connectivity index (χ3n) is 10.7. The first kappa shape index (κ1) is 23.1. The minimum Gasteiger partial charge on any atom is -0.480 e. The summed E-state index contributed by atoms with van der Waals surface area (Å²) in [5.41, 5.74) is 0.810. The molecule has 0 unspecified atom stereocenters. The number of carboxylic acid groups (broad SMARTS) is 1. The number of amides is 1. The van der Waals surface area contributed by atoms with Crippen LogP contribution in [-0.4, -0.2) is 34.7 Å². The standard InChI is InChI=1S/C26H43NO4/c1-16(4-9-23(29)27-15-24(30)31)20-7-8-21-19-6-5-17-14-18(28)10-12-25(17,2)22(19)11-13-26(20,21)3/h16-22,28H,4-15H2,1-3H3,(H,27,29)(H,30,31)/t16-,17-,18+,19+,20-,21+,22+,25+,26-/m1/s1. The van der Waals surface area contributed by atoms with Crippen LogP contribution in [0.25, 0.3) is 0 Å². The lowest BCUT2D eigenvalue weighted by molar-refractivity contribution is -0.138. The number of hydrogen-bond acceptors (Lipinski definition) is 3. The van der Waals surface area contributed by atoms with Crippen LogP contribution in [0.5, 0.6) is 0 Å². The van der Waals surface area contributed by atoms with Gasteiger partial charge in [-0.05, 0) is 111 Å². The van der Waals surface area contributed by atoms with E-state index in [2.05, 4.69) is 26.1 Å². The van der Waals surface area contributed by atoms with Crippen molar-refractivity contribution in [2.75, 3.05) is 6.54 Å². The number of rotatable bonds is 6. The molecular formula is C26H43NO4. The number of aliphatic hydroxyl groups excluding tert-OH is 1. The summed E-state index contributed by atoms with van der Waals surface area (Å²) in [6.07, 6.45) is 12.3. The van der Waals surface area contributed by atoms with Gasteiger partial charge in [0, 0.05) is 6.42 Å². The molecule has 9 atom stereocenters. The van der Waals surface area contributed by atoms with Gasteiger partial charge in [0.1, 0.15) is 6.54 Å². The Kier molecular flexibility index (Phi) is 6.46. The van der Waals surface area contributed by atoms with Crippen LogP contribution in [0, 0.1) is 46.3 Å². The normalized spacial score (nSPS) is 45.2. The lowest BCUT2D eigenvalue weighted by Gasteiger charge is -2.61. The Morgan fingerprint density at radius 1 is 1.00 bits per heavy atom. The van der Waals surface area contributed by atoms with Crippen molar-refractivity contribution in [2.45, 2.75) is 97.5 Å². The Balaban J connectivity index is 1.40. The molecule has 0 spiro atoms. The van der Waals surface area contributed by atoms with E-state index in [4.69, 9.17) is 5.11 Å². The molecule has 1 amide bonds. The average molecular weight is 434 g/mol. The first-order valence-electron chi connectivity index (χ1n) is 12.8. The topological polar surface area (TPSA) is 86.6 Å². The number of hydrogen-bond donors (Lipinski definition) is 3. The molecule has 4 saturated carbocycles. The molecule has 4 rings (SSSR count). The summed E-state index contributed by atoms with van der Waals surface area (Å²) in [6.45, 7) is 7.13. The van der Waals surface area contributed by atoms with Crippen LogP contribution in [0.4, 0.5) is 0 Å². The van der Waals surface area contributed by atoms with Gasteiger partial charge in [-0.2, -0.15) is 0 Å². The number of carboxylic acids is 1. The second-order valence-electron chi connectivity index (χ2n) is 12.0. The summed E-state index contributed by atoms with van der Waals surface area (Å²) in [6, 6.07) is 0. The van der Waals surface area contributed by atoms with Crippen molar-refractivity contribution >= 4 is 11.9 Å². The highest BCUT2D eigenvalue weighted by atomic mass is 16.4. The zero-order valence-electron chi connectivity index (χ0n) is 19.7. The van der Waals surface area contributed by atoms with Gasteiger partial charge in [0.05, 0.1) is 6.10 Å². The first-order chi connectivity index (χ1) is 14.6. The molecule has 0 aromatic heterocycles. The predicted molar refractivity (Wildman–Crippen MR) is 120 cm³/mol. The lowest BCUT2D eigenvalue weighted by atomic mass is 9.44. The minimum atomic E-state index is -0.986. The summed E-state index contributed by atoms with van der Waals surface area (Å²) < 4.78 is 0. The van der Waals surface area contributed by atoms with Crippen LogP contribution in [0.3, 0.4) is 0 Å². The van der Waals surface area contributed by atoms with Crippen LogP contribution in [-0.2, 0) is 9.59 Å². The van der Waals surface area contributed by atoms with Crippen molar-refractivity contribution in [3.05, 3.63) is 0 Å². The monoisotopic (exact) mass is 433 g/mol. The second-order valence-corrected chi connectivity index (χ2v) is 12.0. The molecule has 4 aliphatic carbocycles.